The largest absolute Gasteiger partial charge is 0.481 e. The highest BCUT2D eigenvalue weighted by Crippen LogP contribution is 2.02. The zero-order valence-electron chi connectivity index (χ0n) is 8.10. The van der Waals surface area contributed by atoms with Gasteiger partial charge < -0.3 is 14.7 Å². The Labute approximate surface area is 81.8 Å². The van der Waals surface area contributed by atoms with Crippen molar-refractivity contribution in [3.8, 4) is 0 Å². The summed E-state index contributed by atoms with van der Waals surface area (Å²) in [5, 5.41) is 7.42. The Balaban J connectivity index is 0.000000310. The minimum atomic E-state index is -0.833. The molecule has 1 atom stereocenters. The fourth-order valence-corrected chi connectivity index (χ4v) is 1.000. The molecule has 0 spiro atoms. The van der Waals surface area contributed by atoms with Gasteiger partial charge in [0.15, 0.2) is 16.0 Å². The van der Waals surface area contributed by atoms with Gasteiger partial charge in [0.25, 0.3) is 5.97 Å². The van der Waals surface area contributed by atoms with Crippen LogP contribution in [-0.2, 0) is 4.79 Å². The fraction of sp³-hybridized carbons (Fsp3) is 0.857. The molecule has 1 aliphatic rings. The molecule has 1 heterocycles. The Kier molecular flexibility index (Phi) is 5.82. The highest BCUT2D eigenvalue weighted by Gasteiger charge is 2.15. The molecular weight excluding hydrogens is 166 g/mol. The summed E-state index contributed by atoms with van der Waals surface area (Å²) in [5.41, 5.74) is 0. The first-order valence-electron chi connectivity index (χ1n) is 4.14. The number of hydrogen-bond acceptors (Lipinski definition) is 3. The van der Waals surface area contributed by atoms with Crippen LogP contribution >= 0.6 is 0 Å². The van der Waals surface area contributed by atoms with Crippen LogP contribution < -0.4 is 0 Å². The number of hydrogen-bond donors (Lipinski definition) is 1. The second kappa shape index (κ2) is 6.05. The first kappa shape index (κ1) is 12.5. The van der Waals surface area contributed by atoms with Crippen LogP contribution in [0.1, 0.15) is 13.8 Å². The summed E-state index contributed by atoms with van der Waals surface area (Å²) < 4.78 is 0. The lowest BCUT2D eigenvalue weighted by Crippen LogP contribution is -2.49. The van der Waals surface area contributed by atoms with Crippen LogP contribution in [0.2, 0.25) is 0 Å². The van der Waals surface area contributed by atoms with E-state index in [1.54, 1.807) is 4.81 Å². The van der Waals surface area contributed by atoms with Gasteiger partial charge in [-0.25, -0.2) is 0 Å². The van der Waals surface area contributed by atoms with Gasteiger partial charge in [-0.1, -0.05) is 0 Å². The third kappa shape index (κ3) is 6.66. The van der Waals surface area contributed by atoms with E-state index in [-0.39, 0.29) is 0 Å². The van der Waals surface area contributed by atoms with E-state index in [2.05, 4.69) is 6.92 Å². The van der Waals surface area contributed by atoms with Crippen molar-refractivity contribution in [1.82, 2.24) is 9.62 Å². The maximum absolute atomic E-state index is 9.00. The van der Waals surface area contributed by atoms with Crippen molar-refractivity contribution in [2.75, 3.05) is 19.6 Å². The van der Waals surface area contributed by atoms with Gasteiger partial charge in [-0.05, 0) is 20.0 Å². The highest BCUT2D eigenvalue weighted by molar-refractivity contribution is 6.06. The molecule has 1 rings (SSSR count). The highest BCUT2D eigenvalue weighted by atomic mass is 16.4. The first-order valence-corrected chi connectivity index (χ1v) is 4.14. The lowest BCUT2D eigenvalue weighted by atomic mass is 10.1. The quantitative estimate of drug-likeness (QED) is 0.498. The van der Waals surface area contributed by atoms with Crippen molar-refractivity contribution in [1.29, 1.82) is 0 Å². The van der Waals surface area contributed by atoms with Gasteiger partial charge in [-0.15, -0.1) is 0 Å². The number of aliphatic carboxylic acids is 1. The van der Waals surface area contributed by atoms with Gasteiger partial charge in [0.2, 0.25) is 0 Å². The second-order valence-electron chi connectivity index (χ2n) is 3.10. The van der Waals surface area contributed by atoms with E-state index in [9.17, 15) is 0 Å². The molecule has 6 heteroatoms. The van der Waals surface area contributed by atoms with E-state index in [0.717, 1.165) is 26.6 Å². The Morgan fingerprint density at radius 3 is 2.23 bits per heavy atom. The van der Waals surface area contributed by atoms with E-state index >= 15 is 0 Å². The smallest absolute Gasteiger partial charge is 0.300 e. The van der Waals surface area contributed by atoms with Gasteiger partial charge in [0.05, 0.1) is 0 Å². The van der Waals surface area contributed by atoms with E-state index < -0.39 is 5.97 Å². The summed E-state index contributed by atoms with van der Waals surface area (Å²) in [6.07, 6.45) is 0. The predicted octanol–water partition coefficient (Wildman–Crippen LogP) is -0.750. The van der Waals surface area contributed by atoms with Crippen molar-refractivity contribution >= 4 is 21.9 Å². The summed E-state index contributed by atoms with van der Waals surface area (Å²) in [4.78, 5) is 12.6. The van der Waals surface area contributed by atoms with E-state index in [4.69, 9.17) is 25.9 Å². The Bertz CT molecular complexity index is 165. The molecule has 0 amide bonds. The molecule has 4 nitrogen and oxygen atoms in total. The molecule has 4 radical (unpaired) electrons. The predicted molar refractivity (Wildman–Crippen MR) is 52.6 cm³/mol. The maximum Gasteiger partial charge on any atom is 0.300 e. The molecule has 1 N–H and O–H groups in total. The molecule has 0 aromatic rings. The number of carbonyl (C=O) groups is 1. The van der Waals surface area contributed by atoms with Crippen LogP contribution in [-0.4, -0.2) is 62.3 Å². The van der Waals surface area contributed by atoms with Crippen LogP contribution in [0.15, 0.2) is 0 Å². The minimum absolute atomic E-state index is 0.392. The monoisotopic (exact) mass is 180 g/mol. The Morgan fingerprint density at radius 2 is 1.92 bits per heavy atom. The molecule has 1 saturated heterocycles. The third-order valence-corrected chi connectivity index (χ3v) is 1.71. The normalized spacial score (nSPS) is 24.6. The molecule has 1 fully saturated rings. The van der Waals surface area contributed by atoms with Crippen LogP contribution in [0.4, 0.5) is 0 Å². The van der Waals surface area contributed by atoms with Crippen molar-refractivity contribution in [2.24, 2.45) is 0 Å². The van der Waals surface area contributed by atoms with E-state index in [0.29, 0.717) is 6.04 Å². The first-order chi connectivity index (χ1) is 5.93. The lowest BCUT2D eigenvalue weighted by Gasteiger charge is -2.36. The molecule has 0 bridgehead atoms. The number of carboxylic acids is 1. The van der Waals surface area contributed by atoms with Gasteiger partial charge >= 0.3 is 0 Å². The zero-order valence-corrected chi connectivity index (χ0v) is 8.10. The summed E-state index contributed by atoms with van der Waals surface area (Å²) in [5.74, 6) is -0.833. The Morgan fingerprint density at radius 1 is 1.46 bits per heavy atom. The molecular formula is C7H14B2N2O2. The van der Waals surface area contributed by atoms with E-state index in [1.807, 2.05) is 4.81 Å². The lowest BCUT2D eigenvalue weighted by molar-refractivity contribution is -0.134. The number of piperazine rings is 1. The van der Waals surface area contributed by atoms with E-state index in [1.165, 1.54) is 0 Å². The molecule has 1 aliphatic heterocycles. The van der Waals surface area contributed by atoms with Gasteiger partial charge in [-0.2, -0.15) is 0 Å². The maximum atomic E-state index is 9.00. The topological polar surface area (TPSA) is 43.8 Å². The number of carboxylic acid groups (broad SMARTS) is 1. The summed E-state index contributed by atoms with van der Waals surface area (Å²) in [6, 6.07) is 0.392. The van der Waals surface area contributed by atoms with Crippen LogP contribution in [0.5, 0.6) is 0 Å². The van der Waals surface area contributed by atoms with Gasteiger partial charge in [0.1, 0.15) is 0 Å². The van der Waals surface area contributed by atoms with Crippen molar-refractivity contribution in [2.45, 2.75) is 19.9 Å². The Hall–Kier alpha value is -0.480. The van der Waals surface area contributed by atoms with Crippen LogP contribution in [0, 0.1) is 0 Å². The van der Waals surface area contributed by atoms with Crippen LogP contribution in [0.25, 0.3) is 0 Å². The second-order valence-corrected chi connectivity index (χ2v) is 3.10. The number of rotatable bonds is 0. The van der Waals surface area contributed by atoms with Crippen molar-refractivity contribution in [3.05, 3.63) is 0 Å². The average Bonchev–Trinajstić information content (AvgIpc) is 1.96. The summed E-state index contributed by atoms with van der Waals surface area (Å²) in [7, 11) is 11.1. The molecule has 0 aliphatic carbocycles. The van der Waals surface area contributed by atoms with Crippen molar-refractivity contribution < 1.29 is 9.90 Å². The van der Waals surface area contributed by atoms with Gasteiger partial charge in [0, 0.05) is 19.5 Å². The molecule has 0 aromatic carbocycles. The third-order valence-electron chi connectivity index (χ3n) is 1.71. The average molecular weight is 180 g/mol. The molecule has 13 heavy (non-hydrogen) atoms. The SMILES string of the molecule is CC(=O)O.[B]N1CCN([B])C(C)C1. The molecule has 1 unspecified atom stereocenters. The van der Waals surface area contributed by atoms with Crippen LogP contribution in [0.3, 0.4) is 0 Å². The van der Waals surface area contributed by atoms with Gasteiger partial charge in [-0.3, -0.25) is 4.79 Å². The zero-order chi connectivity index (χ0) is 10.4. The molecule has 0 aromatic heterocycles. The fourth-order valence-electron chi connectivity index (χ4n) is 1.000. The standard InChI is InChI=1S/C5H10B2N2.C2H4O2/c1-5-4-8(6)2-3-9(5)7;1-2(3)4/h5H,2-4H2,1H3;1H3,(H,3,4). The number of nitrogens with zero attached hydrogens (tertiary/aromatic N) is 2. The summed E-state index contributed by atoms with van der Waals surface area (Å²) in [6.45, 7) is 5.77. The molecule has 70 valence electrons. The summed E-state index contributed by atoms with van der Waals surface area (Å²) >= 11 is 0. The van der Waals surface area contributed by atoms with Crippen molar-refractivity contribution in [3.63, 3.8) is 0 Å². The minimum Gasteiger partial charge on any atom is -0.481 e. The molecule has 0 saturated carbocycles.